The summed E-state index contributed by atoms with van der Waals surface area (Å²) in [7, 11) is 0. The van der Waals surface area contributed by atoms with E-state index in [1.165, 1.54) is 12.2 Å². The number of hydrogen-bond donors (Lipinski definition) is 0. The van der Waals surface area contributed by atoms with Gasteiger partial charge in [0.15, 0.2) is 5.76 Å². The molecule has 1 aliphatic rings. The predicted octanol–water partition coefficient (Wildman–Crippen LogP) is 0.768. The number of allylic oxidation sites excluding steroid dienone is 1. The lowest BCUT2D eigenvalue weighted by Gasteiger charge is -1.85. The van der Waals surface area contributed by atoms with Crippen LogP contribution in [0.15, 0.2) is 30.2 Å². The van der Waals surface area contributed by atoms with Gasteiger partial charge in [0.25, 0.3) is 0 Å². The Balaban J connectivity index is 2.88. The van der Waals surface area contributed by atoms with E-state index in [2.05, 4.69) is 17.0 Å². The summed E-state index contributed by atoms with van der Waals surface area (Å²) in [6.07, 6.45) is 2.85. The van der Waals surface area contributed by atoms with Crippen molar-refractivity contribution in [1.82, 2.24) is 0 Å². The number of ether oxygens (including phenoxy) is 1. The van der Waals surface area contributed by atoms with Gasteiger partial charge in [-0.1, -0.05) is 12.3 Å². The van der Waals surface area contributed by atoms with E-state index in [9.17, 15) is 4.79 Å². The van der Waals surface area contributed by atoms with Crippen LogP contribution in [-0.4, -0.2) is 5.97 Å². The molecule has 0 fully saturated rings. The quantitative estimate of drug-likeness (QED) is 0.338. The lowest BCUT2D eigenvalue weighted by atomic mass is 10.5. The zero-order chi connectivity index (χ0) is 5.98. The van der Waals surface area contributed by atoms with Gasteiger partial charge in [0.05, 0.1) is 0 Å². The van der Waals surface area contributed by atoms with Crippen molar-refractivity contribution in [2.45, 2.75) is 0 Å². The number of carbonyl (C=O) groups excluding carboxylic acids is 1. The average Bonchev–Trinajstić information content (AvgIpc) is 2.14. The largest absolute Gasteiger partial charge is 0.415 e. The highest BCUT2D eigenvalue weighted by molar-refractivity contribution is 5.86. The van der Waals surface area contributed by atoms with E-state index in [1.54, 1.807) is 0 Å². The van der Waals surface area contributed by atoms with E-state index >= 15 is 0 Å². The zero-order valence-corrected chi connectivity index (χ0v) is 4.18. The van der Waals surface area contributed by atoms with Gasteiger partial charge in [-0.05, 0) is 6.08 Å². The third-order valence-corrected chi connectivity index (χ3v) is 0.756. The maximum atomic E-state index is 10.2. The first-order chi connectivity index (χ1) is 3.83. The van der Waals surface area contributed by atoms with Crippen LogP contribution in [0.2, 0.25) is 0 Å². The molecule has 2 heteroatoms. The Bertz CT molecular complexity index is 195. The number of rotatable bonds is 0. The highest BCUT2D eigenvalue weighted by Gasteiger charge is 2.06. The monoisotopic (exact) mass is 108 g/mol. The Kier molecular flexibility index (Phi) is 1.03. The maximum Gasteiger partial charge on any atom is 0.336 e. The van der Waals surface area contributed by atoms with Gasteiger partial charge in [-0.2, -0.15) is 0 Å². The summed E-state index contributed by atoms with van der Waals surface area (Å²) in [5.74, 6) is 0.0474. The van der Waals surface area contributed by atoms with Crippen LogP contribution in [0.4, 0.5) is 0 Å². The molecule has 0 atom stereocenters. The normalized spacial score (nSPS) is 16.0. The lowest BCUT2D eigenvalue weighted by Crippen LogP contribution is -1.88. The molecule has 0 aromatic carbocycles. The minimum Gasteiger partial charge on any atom is -0.415 e. The summed E-state index contributed by atoms with van der Waals surface area (Å²) in [4.78, 5) is 10.2. The maximum absolute atomic E-state index is 10.2. The SMILES string of the molecule is C=C=C1C=CC(=O)O1. The van der Waals surface area contributed by atoms with Crippen molar-refractivity contribution in [3.8, 4) is 0 Å². The second kappa shape index (κ2) is 1.68. The Hall–Kier alpha value is -1.27. The molecule has 0 saturated heterocycles. The van der Waals surface area contributed by atoms with E-state index in [0.29, 0.717) is 5.76 Å². The van der Waals surface area contributed by atoms with Crippen LogP contribution in [0.5, 0.6) is 0 Å². The molecule has 0 aromatic rings. The van der Waals surface area contributed by atoms with Crippen LogP contribution < -0.4 is 0 Å². The van der Waals surface area contributed by atoms with Crippen LogP contribution >= 0.6 is 0 Å². The van der Waals surface area contributed by atoms with Gasteiger partial charge >= 0.3 is 5.97 Å². The summed E-state index contributed by atoms with van der Waals surface area (Å²) >= 11 is 0. The van der Waals surface area contributed by atoms with Gasteiger partial charge in [-0.3, -0.25) is 0 Å². The van der Waals surface area contributed by atoms with Crippen molar-refractivity contribution < 1.29 is 9.53 Å². The smallest absolute Gasteiger partial charge is 0.336 e. The zero-order valence-electron chi connectivity index (χ0n) is 4.18. The van der Waals surface area contributed by atoms with E-state index in [0.717, 1.165) is 0 Å². The Morgan fingerprint density at radius 2 is 2.38 bits per heavy atom. The fourth-order valence-corrected chi connectivity index (χ4v) is 0.415. The van der Waals surface area contributed by atoms with Crippen LogP contribution in [0.3, 0.4) is 0 Å². The number of cyclic esters (lactones) is 1. The molecule has 40 valence electrons. The van der Waals surface area contributed by atoms with Gasteiger partial charge in [0, 0.05) is 6.08 Å². The summed E-state index contributed by atoms with van der Waals surface area (Å²) in [6, 6.07) is 0. The summed E-state index contributed by atoms with van der Waals surface area (Å²) in [5, 5.41) is 0. The van der Waals surface area contributed by atoms with Crippen molar-refractivity contribution in [1.29, 1.82) is 0 Å². The van der Waals surface area contributed by atoms with Gasteiger partial charge in [0.1, 0.15) is 0 Å². The number of hydrogen-bond acceptors (Lipinski definition) is 2. The fraction of sp³-hybridized carbons (Fsp3) is 0. The van der Waals surface area contributed by atoms with E-state index in [4.69, 9.17) is 0 Å². The average molecular weight is 108 g/mol. The fourth-order valence-electron chi connectivity index (χ4n) is 0.415. The third-order valence-electron chi connectivity index (χ3n) is 0.756. The minimum atomic E-state index is -0.351. The second-order valence-corrected chi connectivity index (χ2v) is 1.30. The summed E-state index contributed by atoms with van der Waals surface area (Å²) < 4.78 is 4.50. The molecule has 0 aliphatic carbocycles. The Labute approximate surface area is 46.8 Å². The highest BCUT2D eigenvalue weighted by Crippen LogP contribution is 2.05. The molecular weight excluding hydrogens is 104 g/mol. The second-order valence-electron chi connectivity index (χ2n) is 1.30. The number of esters is 1. The molecule has 0 aromatic heterocycles. The van der Waals surface area contributed by atoms with Crippen LogP contribution in [0.25, 0.3) is 0 Å². The van der Waals surface area contributed by atoms with Crippen molar-refractivity contribution in [2.24, 2.45) is 0 Å². The van der Waals surface area contributed by atoms with Gasteiger partial charge < -0.3 is 4.74 Å². The van der Waals surface area contributed by atoms with Crippen molar-refractivity contribution in [3.63, 3.8) is 0 Å². The standard InChI is InChI=1S/C6H4O2/c1-2-5-3-4-6(7)8-5/h3-4H,1H2. The van der Waals surface area contributed by atoms with Crippen molar-refractivity contribution >= 4 is 5.97 Å². The molecule has 1 rings (SSSR count). The van der Waals surface area contributed by atoms with Gasteiger partial charge in [0.2, 0.25) is 0 Å². The Morgan fingerprint density at radius 1 is 1.62 bits per heavy atom. The molecule has 0 bridgehead atoms. The van der Waals surface area contributed by atoms with E-state index in [1.807, 2.05) is 0 Å². The van der Waals surface area contributed by atoms with Crippen LogP contribution in [0.1, 0.15) is 0 Å². The van der Waals surface area contributed by atoms with E-state index in [-0.39, 0.29) is 5.97 Å². The Morgan fingerprint density at radius 3 is 2.62 bits per heavy atom. The molecule has 0 spiro atoms. The first-order valence-electron chi connectivity index (χ1n) is 2.13. The molecule has 0 radical (unpaired) electrons. The summed E-state index contributed by atoms with van der Waals surface area (Å²) in [6.45, 7) is 3.29. The topological polar surface area (TPSA) is 26.3 Å². The molecule has 0 amide bonds. The van der Waals surface area contributed by atoms with Gasteiger partial charge in [-0.15, -0.1) is 0 Å². The molecule has 2 nitrogen and oxygen atoms in total. The molecular formula is C6H4O2. The number of carbonyl (C=O) groups is 1. The molecule has 0 unspecified atom stereocenters. The minimum absolute atomic E-state index is 0.351. The summed E-state index contributed by atoms with van der Waals surface area (Å²) in [5.41, 5.74) is 2.43. The molecule has 0 saturated carbocycles. The predicted molar refractivity (Wildman–Crippen MR) is 27.9 cm³/mol. The van der Waals surface area contributed by atoms with Crippen LogP contribution in [0, 0.1) is 0 Å². The highest BCUT2D eigenvalue weighted by atomic mass is 16.5. The lowest BCUT2D eigenvalue weighted by molar-refractivity contribution is -0.132. The first kappa shape index (κ1) is 4.88. The van der Waals surface area contributed by atoms with Crippen molar-refractivity contribution in [3.05, 3.63) is 30.2 Å². The first-order valence-corrected chi connectivity index (χ1v) is 2.13. The molecule has 1 heterocycles. The van der Waals surface area contributed by atoms with Crippen molar-refractivity contribution in [2.75, 3.05) is 0 Å². The molecule has 0 N–H and O–H groups in total. The molecule has 8 heavy (non-hydrogen) atoms. The van der Waals surface area contributed by atoms with E-state index < -0.39 is 0 Å². The molecule has 1 aliphatic heterocycles. The van der Waals surface area contributed by atoms with Gasteiger partial charge in [-0.25, -0.2) is 4.79 Å². The third kappa shape index (κ3) is 0.695. The van der Waals surface area contributed by atoms with Crippen LogP contribution in [-0.2, 0) is 9.53 Å².